The van der Waals surface area contributed by atoms with Crippen LogP contribution in [0, 0.1) is 12.8 Å². The lowest BCUT2D eigenvalue weighted by Gasteiger charge is -2.42. The molecule has 132 valence electrons. The van der Waals surface area contributed by atoms with Gasteiger partial charge in [-0.2, -0.15) is 5.10 Å². The summed E-state index contributed by atoms with van der Waals surface area (Å²) < 4.78 is 1.93. The van der Waals surface area contributed by atoms with E-state index in [0.29, 0.717) is 0 Å². The molecular formula is C18H28N4O2. The Bertz CT molecular complexity index is 622. The minimum Gasteiger partial charge on any atom is -0.342 e. The molecule has 24 heavy (non-hydrogen) atoms. The van der Waals surface area contributed by atoms with Crippen LogP contribution in [0.5, 0.6) is 0 Å². The minimum atomic E-state index is -0.762. The first kappa shape index (κ1) is 17.0. The summed E-state index contributed by atoms with van der Waals surface area (Å²) in [6.07, 6.45) is 9.05. The smallest absolute Gasteiger partial charge is 0.248 e. The molecule has 0 aromatic carbocycles. The summed E-state index contributed by atoms with van der Waals surface area (Å²) in [4.78, 5) is 27.0. The minimum absolute atomic E-state index is 0.0776. The number of aromatic nitrogens is 2. The van der Waals surface area contributed by atoms with Crippen LogP contribution in [0.1, 0.15) is 51.5 Å². The number of nitrogens with one attached hydrogen (secondary N) is 1. The lowest BCUT2D eigenvalue weighted by molar-refractivity contribution is -0.145. The van der Waals surface area contributed by atoms with Crippen LogP contribution in [0.15, 0.2) is 12.4 Å². The van der Waals surface area contributed by atoms with Crippen molar-refractivity contribution in [2.75, 3.05) is 6.54 Å². The summed E-state index contributed by atoms with van der Waals surface area (Å²) in [7, 11) is 0. The van der Waals surface area contributed by atoms with Crippen LogP contribution in [0.3, 0.4) is 0 Å². The van der Waals surface area contributed by atoms with Crippen molar-refractivity contribution < 1.29 is 9.59 Å². The van der Waals surface area contributed by atoms with Gasteiger partial charge in [0.2, 0.25) is 11.8 Å². The Morgan fingerprint density at radius 3 is 2.67 bits per heavy atom. The lowest BCUT2D eigenvalue weighted by Crippen LogP contribution is -2.62. The van der Waals surface area contributed by atoms with Gasteiger partial charge in [-0.05, 0) is 57.4 Å². The van der Waals surface area contributed by atoms with Crippen LogP contribution in [0.2, 0.25) is 0 Å². The lowest BCUT2D eigenvalue weighted by atomic mass is 9.90. The van der Waals surface area contributed by atoms with Crippen LogP contribution >= 0.6 is 0 Å². The first-order valence-corrected chi connectivity index (χ1v) is 8.99. The molecule has 3 rings (SSSR count). The fourth-order valence-electron chi connectivity index (χ4n) is 3.90. The third kappa shape index (κ3) is 3.47. The van der Waals surface area contributed by atoms with E-state index in [9.17, 15) is 9.59 Å². The molecule has 2 aliphatic rings. The second-order valence-corrected chi connectivity index (χ2v) is 7.55. The van der Waals surface area contributed by atoms with Crippen molar-refractivity contribution >= 4 is 11.8 Å². The summed E-state index contributed by atoms with van der Waals surface area (Å²) >= 11 is 0. The van der Waals surface area contributed by atoms with Gasteiger partial charge in [0.05, 0.1) is 18.8 Å². The maximum Gasteiger partial charge on any atom is 0.248 e. The van der Waals surface area contributed by atoms with E-state index < -0.39 is 5.54 Å². The number of aryl methyl sites for hydroxylation is 1. The van der Waals surface area contributed by atoms with E-state index in [0.717, 1.165) is 50.8 Å². The largest absolute Gasteiger partial charge is 0.342 e. The van der Waals surface area contributed by atoms with Gasteiger partial charge in [0.1, 0.15) is 5.54 Å². The van der Waals surface area contributed by atoms with Gasteiger partial charge in [-0.3, -0.25) is 14.3 Å². The number of likely N-dealkylation sites (tertiary alicyclic amines) is 1. The molecule has 2 heterocycles. The van der Waals surface area contributed by atoms with Gasteiger partial charge in [-0.1, -0.05) is 0 Å². The van der Waals surface area contributed by atoms with Gasteiger partial charge in [-0.15, -0.1) is 0 Å². The SMILES string of the molecule is CC(=O)N[C@@](C)(C(=O)N1CCCC[C@H]1Cn1cc(C)cn1)C1CC1. The highest BCUT2D eigenvalue weighted by Gasteiger charge is 2.50. The topological polar surface area (TPSA) is 67.2 Å². The molecular weight excluding hydrogens is 304 g/mol. The van der Waals surface area contributed by atoms with E-state index in [-0.39, 0.29) is 23.8 Å². The van der Waals surface area contributed by atoms with Crippen LogP contribution in [0.4, 0.5) is 0 Å². The van der Waals surface area contributed by atoms with Gasteiger partial charge < -0.3 is 10.2 Å². The molecule has 1 saturated heterocycles. The summed E-state index contributed by atoms with van der Waals surface area (Å²) in [6, 6.07) is 0.150. The van der Waals surface area contributed by atoms with Crippen molar-refractivity contribution in [2.45, 2.75) is 71.0 Å². The molecule has 1 aliphatic heterocycles. The Morgan fingerprint density at radius 2 is 2.08 bits per heavy atom. The molecule has 0 unspecified atom stereocenters. The van der Waals surface area contributed by atoms with Crippen LogP contribution in [-0.4, -0.2) is 44.6 Å². The van der Waals surface area contributed by atoms with E-state index in [1.54, 1.807) is 0 Å². The van der Waals surface area contributed by atoms with Crippen LogP contribution < -0.4 is 5.32 Å². The molecule has 1 N–H and O–H groups in total. The van der Waals surface area contributed by atoms with Crippen molar-refractivity contribution in [2.24, 2.45) is 5.92 Å². The number of carbonyl (C=O) groups is 2. The predicted octanol–water partition coefficient (Wildman–Crippen LogP) is 1.88. The van der Waals surface area contributed by atoms with Gasteiger partial charge in [0, 0.05) is 19.7 Å². The first-order valence-electron chi connectivity index (χ1n) is 8.99. The average molecular weight is 332 g/mol. The van der Waals surface area contributed by atoms with Crippen molar-refractivity contribution in [3.8, 4) is 0 Å². The van der Waals surface area contributed by atoms with Gasteiger partial charge >= 0.3 is 0 Å². The fourth-order valence-corrected chi connectivity index (χ4v) is 3.90. The van der Waals surface area contributed by atoms with Crippen LogP contribution in [-0.2, 0) is 16.1 Å². The Labute approximate surface area is 143 Å². The summed E-state index contributed by atoms with van der Waals surface area (Å²) in [5, 5.41) is 7.32. The molecule has 0 radical (unpaired) electrons. The van der Waals surface area contributed by atoms with Crippen molar-refractivity contribution in [3.05, 3.63) is 18.0 Å². The number of rotatable bonds is 5. The third-order valence-electron chi connectivity index (χ3n) is 5.32. The normalized spacial score (nSPS) is 23.6. The molecule has 1 saturated carbocycles. The quantitative estimate of drug-likeness (QED) is 0.895. The first-order chi connectivity index (χ1) is 11.4. The number of hydrogen-bond donors (Lipinski definition) is 1. The number of amides is 2. The highest BCUT2D eigenvalue weighted by Crippen LogP contribution is 2.41. The maximum absolute atomic E-state index is 13.3. The summed E-state index contributed by atoms with van der Waals surface area (Å²) in [5.74, 6) is 0.214. The van der Waals surface area contributed by atoms with Gasteiger partial charge in [-0.25, -0.2) is 0 Å². The summed E-state index contributed by atoms with van der Waals surface area (Å²) in [5.41, 5.74) is 0.367. The molecule has 2 amide bonds. The zero-order valence-corrected chi connectivity index (χ0v) is 14.9. The van der Waals surface area contributed by atoms with E-state index in [1.165, 1.54) is 6.92 Å². The number of hydrogen-bond acceptors (Lipinski definition) is 3. The van der Waals surface area contributed by atoms with E-state index in [2.05, 4.69) is 10.4 Å². The van der Waals surface area contributed by atoms with Gasteiger partial charge in [0.25, 0.3) is 0 Å². The zero-order chi connectivity index (χ0) is 17.3. The van der Waals surface area contributed by atoms with Crippen LogP contribution in [0.25, 0.3) is 0 Å². The second-order valence-electron chi connectivity index (χ2n) is 7.55. The van der Waals surface area contributed by atoms with E-state index in [4.69, 9.17) is 0 Å². The molecule has 0 bridgehead atoms. The maximum atomic E-state index is 13.3. The number of piperidine rings is 1. The van der Waals surface area contributed by atoms with Crippen molar-refractivity contribution in [3.63, 3.8) is 0 Å². The molecule has 1 aromatic rings. The molecule has 0 spiro atoms. The third-order valence-corrected chi connectivity index (χ3v) is 5.32. The Kier molecular flexibility index (Phi) is 4.65. The molecule has 6 nitrogen and oxygen atoms in total. The fraction of sp³-hybridized carbons (Fsp3) is 0.722. The Hall–Kier alpha value is -1.85. The summed E-state index contributed by atoms with van der Waals surface area (Å²) in [6.45, 7) is 6.91. The Balaban J connectivity index is 1.78. The Morgan fingerprint density at radius 1 is 1.33 bits per heavy atom. The molecule has 1 aromatic heterocycles. The van der Waals surface area contributed by atoms with E-state index >= 15 is 0 Å². The molecule has 1 aliphatic carbocycles. The predicted molar refractivity (Wildman–Crippen MR) is 91.3 cm³/mol. The number of nitrogens with zero attached hydrogens (tertiary/aromatic N) is 3. The van der Waals surface area contributed by atoms with Crippen molar-refractivity contribution in [1.29, 1.82) is 0 Å². The second kappa shape index (κ2) is 6.57. The van der Waals surface area contributed by atoms with Crippen molar-refractivity contribution in [1.82, 2.24) is 20.0 Å². The number of carbonyl (C=O) groups excluding carboxylic acids is 2. The monoisotopic (exact) mass is 332 g/mol. The van der Waals surface area contributed by atoms with E-state index in [1.807, 2.05) is 35.8 Å². The standard InChI is InChI=1S/C18H28N4O2/c1-13-10-19-21(11-13)12-16-6-4-5-9-22(16)17(24)18(3,15-7-8-15)20-14(2)23/h10-11,15-16H,4-9,12H2,1-3H3,(H,20,23)/t16-,18+/m0/s1. The molecule has 2 fully saturated rings. The highest BCUT2D eigenvalue weighted by molar-refractivity contribution is 5.91. The highest BCUT2D eigenvalue weighted by atomic mass is 16.2. The van der Waals surface area contributed by atoms with Gasteiger partial charge in [0.15, 0.2) is 0 Å². The molecule has 6 heteroatoms. The zero-order valence-electron chi connectivity index (χ0n) is 14.9. The average Bonchev–Trinajstić information content (AvgIpc) is 3.31. The molecule has 2 atom stereocenters.